The summed E-state index contributed by atoms with van der Waals surface area (Å²) >= 11 is 1.90. The molecule has 0 spiro atoms. The Labute approximate surface area is 120 Å². The monoisotopic (exact) mass is 271 g/mol. The van der Waals surface area contributed by atoms with Gasteiger partial charge in [-0.2, -0.15) is 0 Å². The third kappa shape index (κ3) is 5.09. The molecule has 2 aromatic carbocycles. The zero-order chi connectivity index (χ0) is 13.3. The van der Waals surface area contributed by atoms with Crippen LogP contribution < -0.4 is 5.32 Å². The van der Waals surface area contributed by atoms with Gasteiger partial charge >= 0.3 is 0 Å². The maximum absolute atomic E-state index is 3.44. The number of benzene rings is 2. The first-order valence-electron chi connectivity index (χ1n) is 6.85. The minimum absolute atomic E-state index is 0.966. The summed E-state index contributed by atoms with van der Waals surface area (Å²) in [5, 5.41) is 3.44. The predicted octanol–water partition coefficient (Wildman–Crippen LogP) is 4.48. The third-order valence-electron chi connectivity index (χ3n) is 2.90. The van der Waals surface area contributed by atoms with Gasteiger partial charge in [-0.3, -0.25) is 0 Å². The molecule has 0 unspecified atom stereocenters. The van der Waals surface area contributed by atoms with Gasteiger partial charge in [-0.05, 0) is 36.2 Å². The first kappa shape index (κ1) is 14.2. The van der Waals surface area contributed by atoms with Crippen LogP contribution in [-0.2, 0) is 12.3 Å². The minimum atomic E-state index is 0.966. The molecular formula is C17H21NS. The van der Waals surface area contributed by atoms with Crippen molar-refractivity contribution in [2.24, 2.45) is 0 Å². The van der Waals surface area contributed by atoms with Crippen molar-refractivity contribution in [1.29, 1.82) is 0 Å². The normalized spacial score (nSPS) is 10.6. The predicted molar refractivity (Wildman–Crippen MR) is 84.4 cm³/mol. The smallest absolute Gasteiger partial charge is 0.0231 e. The second-order valence-electron chi connectivity index (χ2n) is 4.60. The van der Waals surface area contributed by atoms with Crippen molar-refractivity contribution in [3.8, 4) is 0 Å². The van der Waals surface area contributed by atoms with Crippen molar-refractivity contribution in [3.05, 3.63) is 65.7 Å². The van der Waals surface area contributed by atoms with Gasteiger partial charge in [0.1, 0.15) is 0 Å². The van der Waals surface area contributed by atoms with Crippen LogP contribution in [0, 0.1) is 0 Å². The molecule has 0 saturated heterocycles. The molecule has 0 bridgehead atoms. The Bertz CT molecular complexity index is 482. The molecule has 0 atom stereocenters. The Hall–Kier alpha value is -1.25. The molecule has 0 fully saturated rings. The molecule has 0 radical (unpaired) electrons. The molecule has 2 aromatic rings. The zero-order valence-electron chi connectivity index (χ0n) is 11.4. The van der Waals surface area contributed by atoms with E-state index in [1.807, 2.05) is 11.8 Å². The summed E-state index contributed by atoms with van der Waals surface area (Å²) in [4.78, 5) is 1.35. The van der Waals surface area contributed by atoms with Gasteiger partial charge in [0.15, 0.2) is 0 Å². The lowest BCUT2D eigenvalue weighted by molar-refractivity contribution is 0.674. The number of hydrogen-bond donors (Lipinski definition) is 1. The van der Waals surface area contributed by atoms with E-state index in [1.54, 1.807) is 0 Å². The number of rotatable bonds is 7. The quantitative estimate of drug-likeness (QED) is 0.588. The highest BCUT2D eigenvalue weighted by atomic mass is 32.2. The SMILES string of the molecule is CCCNCc1cccc(SCc2ccccc2)c1. The number of thioether (sulfide) groups is 1. The highest BCUT2D eigenvalue weighted by Crippen LogP contribution is 2.23. The average Bonchev–Trinajstić information content (AvgIpc) is 2.47. The van der Waals surface area contributed by atoms with Crippen molar-refractivity contribution < 1.29 is 0 Å². The molecular weight excluding hydrogens is 250 g/mol. The van der Waals surface area contributed by atoms with Crippen molar-refractivity contribution in [2.75, 3.05) is 6.54 Å². The second-order valence-corrected chi connectivity index (χ2v) is 5.65. The highest BCUT2D eigenvalue weighted by Gasteiger charge is 1.98. The fourth-order valence-electron chi connectivity index (χ4n) is 1.90. The Morgan fingerprint density at radius 3 is 2.53 bits per heavy atom. The fraction of sp³-hybridized carbons (Fsp3) is 0.294. The van der Waals surface area contributed by atoms with Crippen molar-refractivity contribution in [2.45, 2.75) is 30.5 Å². The highest BCUT2D eigenvalue weighted by molar-refractivity contribution is 7.98. The lowest BCUT2D eigenvalue weighted by Gasteiger charge is -2.06. The molecule has 0 amide bonds. The molecule has 0 aliphatic rings. The molecule has 2 rings (SSSR count). The van der Waals surface area contributed by atoms with Gasteiger partial charge in [0.25, 0.3) is 0 Å². The first-order valence-corrected chi connectivity index (χ1v) is 7.83. The average molecular weight is 271 g/mol. The Kier molecular flexibility index (Phi) is 5.99. The van der Waals surface area contributed by atoms with Crippen LogP contribution in [0.15, 0.2) is 59.5 Å². The van der Waals surface area contributed by atoms with Crippen LogP contribution in [0.4, 0.5) is 0 Å². The number of nitrogens with one attached hydrogen (secondary N) is 1. The molecule has 0 aliphatic carbocycles. The van der Waals surface area contributed by atoms with E-state index in [0.29, 0.717) is 0 Å². The van der Waals surface area contributed by atoms with Gasteiger partial charge in [-0.1, -0.05) is 49.4 Å². The van der Waals surface area contributed by atoms with E-state index in [2.05, 4.69) is 66.8 Å². The fourth-order valence-corrected chi connectivity index (χ4v) is 2.83. The van der Waals surface area contributed by atoms with Crippen LogP contribution in [0.3, 0.4) is 0 Å². The van der Waals surface area contributed by atoms with Crippen LogP contribution in [0.1, 0.15) is 24.5 Å². The van der Waals surface area contributed by atoms with Gasteiger partial charge in [-0.15, -0.1) is 11.8 Å². The molecule has 100 valence electrons. The van der Waals surface area contributed by atoms with Crippen LogP contribution in [0.2, 0.25) is 0 Å². The zero-order valence-corrected chi connectivity index (χ0v) is 12.2. The molecule has 0 saturated carbocycles. The molecule has 0 heterocycles. The molecule has 1 nitrogen and oxygen atoms in total. The Balaban J connectivity index is 1.88. The summed E-state index contributed by atoms with van der Waals surface area (Å²) in [7, 11) is 0. The van der Waals surface area contributed by atoms with Gasteiger partial charge in [0.05, 0.1) is 0 Å². The first-order chi connectivity index (χ1) is 9.38. The van der Waals surface area contributed by atoms with Crippen LogP contribution >= 0.6 is 11.8 Å². The van der Waals surface area contributed by atoms with E-state index in [4.69, 9.17) is 0 Å². The van der Waals surface area contributed by atoms with Crippen molar-refractivity contribution >= 4 is 11.8 Å². The molecule has 0 aromatic heterocycles. The molecule has 1 N–H and O–H groups in total. The summed E-state index contributed by atoms with van der Waals surface area (Å²) in [6.45, 7) is 4.24. The van der Waals surface area contributed by atoms with E-state index in [1.165, 1.54) is 22.4 Å². The van der Waals surface area contributed by atoms with Crippen molar-refractivity contribution in [3.63, 3.8) is 0 Å². The Morgan fingerprint density at radius 1 is 0.947 bits per heavy atom. The summed E-state index contributed by atoms with van der Waals surface area (Å²) in [6.07, 6.45) is 1.18. The van der Waals surface area contributed by atoms with Crippen molar-refractivity contribution in [1.82, 2.24) is 5.32 Å². The Morgan fingerprint density at radius 2 is 1.74 bits per heavy atom. The third-order valence-corrected chi connectivity index (χ3v) is 3.97. The second kappa shape index (κ2) is 8.03. The van der Waals surface area contributed by atoms with Gasteiger partial charge in [-0.25, -0.2) is 0 Å². The van der Waals surface area contributed by atoms with E-state index in [9.17, 15) is 0 Å². The van der Waals surface area contributed by atoms with Gasteiger partial charge < -0.3 is 5.32 Å². The lowest BCUT2D eigenvalue weighted by atomic mass is 10.2. The van der Waals surface area contributed by atoms with E-state index in [0.717, 1.165) is 18.8 Å². The summed E-state index contributed by atoms with van der Waals surface area (Å²) < 4.78 is 0. The maximum Gasteiger partial charge on any atom is 0.0231 e. The number of hydrogen-bond acceptors (Lipinski definition) is 2. The van der Waals surface area contributed by atoms with Gasteiger partial charge in [0, 0.05) is 17.2 Å². The molecule has 19 heavy (non-hydrogen) atoms. The minimum Gasteiger partial charge on any atom is -0.313 e. The molecule has 2 heteroatoms. The lowest BCUT2D eigenvalue weighted by Crippen LogP contribution is -2.13. The summed E-state index contributed by atoms with van der Waals surface area (Å²) in [5.74, 6) is 1.03. The van der Waals surface area contributed by atoms with E-state index >= 15 is 0 Å². The molecule has 0 aliphatic heterocycles. The van der Waals surface area contributed by atoms with Gasteiger partial charge in [0.2, 0.25) is 0 Å². The van der Waals surface area contributed by atoms with E-state index < -0.39 is 0 Å². The van der Waals surface area contributed by atoms with Crippen LogP contribution in [-0.4, -0.2) is 6.54 Å². The van der Waals surface area contributed by atoms with Crippen LogP contribution in [0.25, 0.3) is 0 Å². The summed E-state index contributed by atoms with van der Waals surface area (Å²) in [6, 6.07) is 19.4. The van der Waals surface area contributed by atoms with Crippen LogP contribution in [0.5, 0.6) is 0 Å². The summed E-state index contributed by atoms with van der Waals surface area (Å²) in [5.41, 5.74) is 2.74. The standard InChI is InChI=1S/C17H21NS/c1-2-11-18-13-16-9-6-10-17(12-16)19-14-15-7-4-3-5-8-15/h3-10,12,18H,2,11,13-14H2,1H3. The topological polar surface area (TPSA) is 12.0 Å². The van der Waals surface area contributed by atoms with E-state index in [-0.39, 0.29) is 0 Å². The largest absolute Gasteiger partial charge is 0.313 e. The maximum atomic E-state index is 3.44.